The Hall–Kier alpha value is -2.71. The summed E-state index contributed by atoms with van der Waals surface area (Å²) in [5, 5.41) is 6.33. The molecule has 1 spiro atoms. The highest BCUT2D eigenvalue weighted by Gasteiger charge is 2.72. The summed E-state index contributed by atoms with van der Waals surface area (Å²) in [5.41, 5.74) is 1.74. The molecule has 1 aromatic carbocycles. The van der Waals surface area contributed by atoms with Crippen molar-refractivity contribution in [2.75, 3.05) is 31.5 Å². The molecular formula is C31H42N4O4. The van der Waals surface area contributed by atoms with E-state index in [4.69, 9.17) is 4.74 Å². The molecule has 5 atom stereocenters. The quantitative estimate of drug-likeness (QED) is 0.524. The summed E-state index contributed by atoms with van der Waals surface area (Å²) in [5.74, 6) is -1.88. The van der Waals surface area contributed by atoms with Gasteiger partial charge in [-0.3, -0.25) is 14.4 Å². The van der Waals surface area contributed by atoms with E-state index in [0.29, 0.717) is 6.54 Å². The number of nitrogens with one attached hydrogen (secondary N) is 2. The van der Waals surface area contributed by atoms with Crippen molar-refractivity contribution in [3.8, 4) is 0 Å². The topological polar surface area (TPSA) is 91.0 Å². The lowest BCUT2D eigenvalue weighted by molar-refractivity contribution is -0.141. The average molecular weight is 535 g/mol. The number of hydrogen-bond donors (Lipinski definition) is 2. The molecule has 3 amide bonds. The van der Waals surface area contributed by atoms with Gasteiger partial charge in [0.05, 0.1) is 17.9 Å². The van der Waals surface area contributed by atoms with Gasteiger partial charge in [0.25, 0.3) is 0 Å². The normalized spacial score (nSPS) is 32.5. The number of benzene rings is 1. The van der Waals surface area contributed by atoms with E-state index in [9.17, 15) is 14.4 Å². The van der Waals surface area contributed by atoms with E-state index in [2.05, 4.69) is 21.6 Å². The Bertz CT molecular complexity index is 1130. The molecule has 8 nitrogen and oxygen atoms in total. The van der Waals surface area contributed by atoms with Gasteiger partial charge in [-0.2, -0.15) is 0 Å². The molecule has 4 fully saturated rings. The first kappa shape index (κ1) is 26.5. The van der Waals surface area contributed by atoms with Crippen LogP contribution >= 0.6 is 0 Å². The fourth-order valence-electron chi connectivity index (χ4n) is 7.74. The number of rotatable bonds is 7. The van der Waals surface area contributed by atoms with Gasteiger partial charge in [0, 0.05) is 24.8 Å². The molecule has 1 saturated carbocycles. The third kappa shape index (κ3) is 4.91. The number of carbonyl (C=O) groups is 3. The molecule has 1 aliphatic carbocycles. The zero-order chi connectivity index (χ0) is 27.1. The minimum absolute atomic E-state index is 0.131. The first-order chi connectivity index (χ1) is 18.9. The molecule has 0 aromatic heterocycles. The number of piperidine rings is 1. The predicted molar refractivity (Wildman–Crippen MR) is 149 cm³/mol. The van der Waals surface area contributed by atoms with E-state index in [-0.39, 0.29) is 23.8 Å². The van der Waals surface area contributed by atoms with Crippen LogP contribution in [0.4, 0.5) is 5.69 Å². The third-order valence-electron chi connectivity index (χ3n) is 9.47. The highest BCUT2D eigenvalue weighted by molar-refractivity contribution is 6.02. The predicted octanol–water partition coefficient (Wildman–Crippen LogP) is 3.33. The lowest BCUT2D eigenvalue weighted by atomic mass is 9.74. The van der Waals surface area contributed by atoms with Crippen LogP contribution in [-0.4, -0.2) is 77.5 Å². The van der Waals surface area contributed by atoms with Gasteiger partial charge in [0.1, 0.15) is 11.6 Å². The van der Waals surface area contributed by atoms with Crippen LogP contribution in [0, 0.1) is 25.7 Å². The highest BCUT2D eigenvalue weighted by Crippen LogP contribution is 2.55. The van der Waals surface area contributed by atoms with Crippen molar-refractivity contribution < 1.29 is 19.1 Å². The first-order valence-corrected chi connectivity index (χ1v) is 15.0. The summed E-state index contributed by atoms with van der Waals surface area (Å²) in [6, 6.07) is 5.30. The number of fused-ring (bicyclic) bond motifs is 1. The van der Waals surface area contributed by atoms with Gasteiger partial charge in [0.2, 0.25) is 17.7 Å². The summed E-state index contributed by atoms with van der Waals surface area (Å²) in [4.78, 5) is 46.0. The van der Waals surface area contributed by atoms with Gasteiger partial charge in [-0.25, -0.2) is 0 Å². The maximum absolute atomic E-state index is 14.2. The van der Waals surface area contributed by atoms with Crippen molar-refractivity contribution in [2.45, 2.75) is 89.0 Å². The molecule has 4 aliphatic heterocycles. The van der Waals surface area contributed by atoms with Crippen molar-refractivity contribution in [1.29, 1.82) is 0 Å². The molecule has 2 bridgehead atoms. The number of likely N-dealkylation sites (tertiary alicyclic amines) is 2. The van der Waals surface area contributed by atoms with Gasteiger partial charge >= 0.3 is 0 Å². The molecule has 39 heavy (non-hydrogen) atoms. The summed E-state index contributed by atoms with van der Waals surface area (Å²) in [7, 11) is 0. The second-order valence-corrected chi connectivity index (χ2v) is 12.3. The lowest BCUT2D eigenvalue weighted by Crippen LogP contribution is -2.57. The Balaban J connectivity index is 1.27. The Morgan fingerprint density at radius 2 is 1.64 bits per heavy atom. The third-order valence-corrected chi connectivity index (χ3v) is 9.47. The first-order valence-electron chi connectivity index (χ1n) is 15.0. The molecule has 1 aromatic rings. The van der Waals surface area contributed by atoms with Crippen LogP contribution in [0.15, 0.2) is 30.4 Å². The summed E-state index contributed by atoms with van der Waals surface area (Å²) >= 11 is 0. The molecule has 6 rings (SSSR count). The van der Waals surface area contributed by atoms with E-state index in [0.717, 1.165) is 62.1 Å². The maximum Gasteiger partial charge on any atom is 0.246 e. The molecule has 2 N–H and O–H groups in total. The Labute approximate surface area is 231 Å². The number of aryl methyl sites for hydroxylation is 2. The maximum atomic E-state index is 14.2. The van der Waals surface area contributed by atoms with Crippen LogP contribution in [0.1, 0.15) is 62.5 Å². The van der Waals surface area contributed by atoms with E-state index in [1.54, 1.807) is 4.90 Å². The molecule has 4 heterocycles. The van der Waals surface area contributed by atoms with Crippen LogP contribution < -0.4 is 10.6 Å². The molecule has 210 valence electrons. The lowest BCUT2D eigenvalue weighted by Gasteiger charge is -2.35. The Morgan fingerprint density at radius 3 is 2.36 bits per heavy atom. The fourth-order valence-corrected chi connectivity index (χ4v) is 7.74. The largest absolute Gasteiger partial charge is 0.359 e. The summed E-state index contributed by atoms with van der Waals surface area (Å²) in [6.07, 6.45) is 12.2. The molecule has 0 radical (unpaired) electrons. The second-order valence-electron chi connectivity index (χ2n) is 12.3. The number of hydrogen-bond acceptors (Lipinski definition) is 5. The van der Waals surface area contributed by atoms with Crippen molar-refractivity contribution >= 4 is 23.4 Å². The Morgan fingerprint density at radius 1 is 0.949 bits per heavy atom. The van der Waals surface area contributed by atoms with Crippen molar-refractivity contribution in [3.05, 3.63) is 41.5 Å². The van der Waals surface area contributed by atoms with Crippen LogP contribution in [0.2, 0.25) is 0 Å². The number of ether oxygens (including phenoxy) is 1. The average Bonchev–Trinajstić information content (AvgIpc) is 3.55. The summed E-state index contributed by atoms with van der Waals surface area (Å²) in [6.45, 7) is 7.24. The standard InChI is InChI=1S/C31H42N4O4/c1-20-17-21(2)19-23(18-20)33-28(36)25-24-11-12-31(39-24)26(25)30(38)35(16-15-34-13-7-4-8-14-34)27(31)29(37)32-22-9-5-3-6-10-22/h11-12,17-19,22,24-27H,3-10,13-16H2,1-2H3,(H,32,37)(H,33,36)/t24-,25?,26-,27?,31?/m0/s1. The molecular weight excluding hydrogens is 492 g/mol. The van der Waals surface area contributed by atoms with Crippen molar-refractivity contribution in [3.63, 3.8) is 0 Å². The summed E-state index contributed by atoms with van der Waals surface area (Å²) < 4.78 is 6.51. The second kappa shape index (κ2) is 10.7. The van der Waals surface area contributed by atoms with Gasteiger partial charge in [-0.1, -0.05) is 43.9 Å². The SMILES string of the molecule is Cc1cc(C)cc(NC(=O)C2[C@@H]3C=CC4(O3)C(C(=O)NC3CCCCC3)N(CCN3CCCCC3)C(=O)[C@H]24)c1. The number of carbonyl (C=O) groups excluding carboxylic acids is 3. The molecule has 3 saturated heterocycles. The molecule has 3 unspecified atom stereocenters. The molecule has 5 aliphatic rings. The van der Waals surface area contributed by atoms with Crippen LogP contribution in [0.25, 0.3) is 0 Å². The van der Waals surface area contributed by atoms with Crippen molar-refractivity contribution in [2.24, 2.45) is 11.8 Å². The zero-order valence-corrected chi connectivity index (χ0v) is 23.3. The van der Waals surface area contributed by atoms with Gasteiger partial charge in [0.15, 0.2) is 0 Å². The van der Waals surface area contributed by atoms with E-state index < -0.39 is 29.6 Å². The minimum Gasteiger partial charge on any atom is -0.359 e. The number of nitrogens with zero attached hydrogens (tertiary/aromatic N) is 2. The van der Waals surface area contributed by atoms with E-state index in [1.807, 2.05) is 38.1 Å². The van der Waals surface area contributed by atoms with Gasteiger partial charge in [-0.05, 0) is 75.9 Å². The fraction of sp³-hybridized carbons (Fsp3) is 0.645. The minimum atomic E-state index is -1.10. The zero-order valence-electron chi connectivity index (χ0n) is 23.3. The monoisotopic (exact) mass is 534 g/mol. The Kier molecular flexibility index (Phi) is 7.27. The molecule has 8 heteroatoms. The smallest absolute Gasteiger partial charge is 0.246 e. The number of amides is 3. The van der Waals surface area contributed by atoms with Crippen LogP contribution in [-0.2, 0) is 19.1 Å². The number of anilines is 1. The van der Waals surface area contributed by atoms with Gasteiger partial charge in [-0.15, -0.1) is 0 Å². The van der Waals surface area contributed by atoms with E-state index >= 15 is 0 Å². The van der Waals surface area contributed by atoms with E-state index in [1.165, 1.54) is 25.7 Å². The highest BCUT2D eigenvalue weighted by atomic mass is 16.5. The van der Waals surface area contributed by atoms with Crippen LogP contribution in [0.3, 0.4) is 0 Å². The van der Waals surface area contributed by atoms with Gasteiger partial charge < -0.3 is 25.2 Å². The van der Waals surface area contributed by atoms with Crippen molar-refractivity contribution in [1.82, 2.24) is 15.1 Å². The van der Waals surface area contributed by atoms with Crippen LogP contribution in [0.5, 0.6) is 0 Å².